The first kappa shape index (κ1) is 43.9. The number of ketones is 1. The third-order valence-electron chi connectivity index (χ3n) is 7.52. The number of benzene rings is 1. The Morgan fingerprint density at radius 2 is 0.964 bits per heavy atom. The quantitative estimate of drug-likeness (QED) is 0.142. The Morgan fingerprint density at radius 1 is 0.545 bits per heavy atom. The molecule has 1 aromatic carbocycles. The van der Waals surface area contributed by atoms with E-state index in [0.717, 1.165) is 67.5 Å². The summed E-state index contributed by atoms with van der Waals surface area (Å²) in [5, 5.41) is 22.3. The molecule has 3 rings (SSSR count). The van der Waals surface area contributed by atoms with Gasteiger partial charge in [-0.05, 0) is 6.92 Å². The van der Waals surface area contributed by atoms with Gasteiger partial charge in [-0.1, -0.05) is 0 Å². The van der Waals surface area contributed by atoms with E-state index in [0.29, 0.717) is 0 Å². The first-order chi connectivity index (χ1) is 25.7. The van der Waals surface area contributed by atoms with Gasteiger partial charge in [0.2, 0.25) is 18.7 Å². The highest BCUT2D eigenvalue weighted by Crippen LogP contribution is 2.39. The molecule has 0 saturated carbocycles. The minimum Gasteiger partial charge on any atom is -0.507 e. The highest BCUT2D eigenvalue weighted by atomic mass is 16.7. The van der Waals surface area contributed by atoms with Crippen molar-refractivity contribution in [2.24, 2.45) is 0 Å². The highest BCUT2D eigenvalue weighted by molar-refractivity contribution is 5.99. The summed E-state index contributed by atoms with van der Waals surface area (Å²) in [4.78, 5) is 96.6. The summed E-state index contributed by atoms with van der Waals surface area (Å²) in [7, 11) is 0. The van der Waals surface area contributed by atoms with Gasteiger partial charge in [0.05, 0.1) is 0 Å². The van der Waals surface area contributed by atoms with Crippen LogP contribution in [0.1, 0.15) is 65.7 Å². The summed E-state index contributed by atoms with van der Waals surface area (Å²) in [6, 6.07) is 1.94. The number of hydrogen-bond donors (Lipinski definition) is 2. The molecule has 55 heavy (non-hydrogen) atoms. The fraction of sp³-hybridized carbons (Fsp3) is 0.588. The Hall–Kier alpha value is -5.54. The number of carbonyl (C=O) groups is 8. The number of esters is 7. The van der Waals surface area contributed by atoms with Gasteiger partial charge in [0.1, 0.15) is 48.2 Å². The van der Waals surface area contributed by atoms with Gasteiger partial charge >= 0.3 is 41.8 Å². The van der Waals surface area contributed by atoms with E-state index in [-0.39, 0.29) is 5.75 Å². The molecule has 0 spiro atoms. The van der Waals surface area contributed by atoms with E-state index >= 15 is 0 Å². The average Bonchev–Trinajstić information content (AvgIpc) is 3.03. The molecule has 0 aromatic heterocycles. The second kappa shape index (κ2) is 19.2. The van der Waals surface area contributed by atoms with E-state index in [9.17, 15) is 48.6 Å². The van der Waals surface area contributed by atoms with E-state index in [1.165, 1.54) is 0 Å². The molecular formula is C34H42O21. The molecule has 304 valence electrons. The third-order valence-corrected chi connectivity index (χ3v) is 7.52. The lowest BCUT2D eigenvalue weighted by molar-refractivity contribution is -0.288. The van der Waals surface area contributed by atoms with Crippen molar-refractivity contribution in [3.05, 3.63) is 17.7 Å². The summed E-state index contributed by atoms with van der Waals surface area (Å²) in [5.41, 5.74) is -0.479. The van der Waals surface area contributed by atoms with Crippen LogP contribution < -0.4 is 9.47 Å². The molecule has 0 unspecified atom stereocenters. The molecule has 2 fully saturated rings. The van der Waals surface area contributed by atoms with Gasteiger partial charge in [-0.15, -0.1) is 0 Å². The number of Topliss-reactive ketones (excluding diaryl/α,β-unsaturated/α-hetero) is 1. The average molecular weight is 787 g/mol. The van der Waals surface area contributed by atoms with Crippen molar-refractivity contribution in [1.29, 1.82) is 0 Å². The van der Waals surface area contributed by atoms with Gasteiger partial charge < -0.3 is 62.3 Å². The van der Waals surface area contributed by atoms with Crippen LogP contribution in [0.25, 0.3) is 0 Å². The smallest absolute Gasteiger partial charge is 0.303 e. The molecule has 2 heterocycles. The minimum absolute atomic E-state index is 0.380. The largest absolute Gasteiger partial charge is 0.507 e. The van der Waals surface area contributed by atoms with Crippen LogP contribution in [-0.4, -0.2) is 132 Å². The van der Waals surface area contributed by atoms with Crippen LogP contribution in [0.5, 0.6) is 17.2 Å². The molecular weight excluding hydrogens is 744 g/mol. The first-order valence-corrected chi connectivity index (χ1v) is 16.5. The zero-order valence-corrected chi connectivity index (χ0v) is 31.0. The number of aliphatic hydroxyl groups is 1. The van der Waals surface area contributed by atoms with Gasteiger partial charge in [-0.25, -0.2) is 0 Å². The lowest BCUT2D eigenvalue weighted by Crippen LogP contribution is -2.63. The number of aromatic hydroxyl groups is 1. The van der Waals surface area contributed by atoms with Crippen molar-refractivity contribution in [3.8, 4) is 17.2 Å². The Bertz CT molecular complexity index is 1640. The topological polar surface area (TPSA) is 279 Å². The third kappa shape index (κ3) is 12.2. The molecule has 2 N–H and O–H groups in total. The van der Waals surface area contributed by atoms with E-state index < -0.39 is 139 Å². The van der Waals surface area contributed by atoms with Crippen LogP contribution in [0.4, 0.5) is 0 Å². The number of aliphatic hydroxyl groups excluding tert-OH is 1. The van der Waals surface area contributed by atoms with Crippen LogP contribution in [0.3, 0.4) is 0 Å². The van der Waals surface area contributed by atoms with Gasteiger partial charge in [-0.3, -0.25) is 38.4 Å². The number of hydrogen-bond acceptors (Lipinski definition) is 21. The van der Waals surface area contributed by atoms with Crippen molar-refractivity contribution < 1.29 is 101 Å². The second-order valence-corrected chi connectivity index (χ2v) is 12.2. The lowest BCUT2D eigenvalue weighted by atomic mass is 9.98. The Balaban J connectivity index is 2.11. The normalized spacial score (nSPS) is 27.3. The number of phenols is 1. The van der Waals surface area contributed by atoms with Crippen molar-refractivity contribution in [2.45, 2.75) is 117 Å². The number of carbonyl (C=O) groups excluding carboxylic acids is 8. The van der Waals surface area contributed by atoms with Crippen LogP contribution in [0.15, 0.2) is 12.1 Å². The molecule has 1 aromatic rings. The molecule has 0 amide bonds. The zero-order valence-electron chi connectivity index (χ0n) is 31.0. The van der Waals surface area contributed by atoms with E-state index in [1.807, 2.05) is 0 Å². The van der Waals surface area contributed by atoms with Crippen molar-refractivity contribution >= 4 is 47.6 Å². The molecule has 21 heteroatoms. The number of phenolic OH excluding ortho intramolecular Hbond substituents is 1. The molecule has 10 atom stereocenters. The van der Waals surface area contributed by atoms with E-state index in [4.69, 9.17) is 52.1 Å². The van der Waals surface area contributed by atoms with Gasteiger partial charge in [-0.2, -0.15) is 0 Å². The summed E-state index contributed by atoms with van der Waals surface area (Å²) < 4.78 is 60.2. The number of ether oxygens (including phenoxy) is 11. The molecule has 0 bridgehead atoms. The molecule has 2 saturated heterocycles. The number of rotatable bonds is 14. The van der Waals surface area contributed by atoms with Crippen molar-refractivity contribution in [2.75, 3.05) is 13.2 Å². The minimum atomic E-state index is -1.95. The van der Waals surface area contributed by atoms with E-state index in [2.05, 4.69) is 0 Å². The zero-order chi connectivity index (χ0) is 41.3. The summed E-state index contributed by atoms with van der Waals surface area (Å²) in [6.45, 7) is 7.14. The van der Waals surface area contributed by atoms with Crippen LogP contribution in [0.2, 0.25) is 0 Å². The van der Waals surface area contributed by atoms with Crippen LogP contribution in [-0.2, 0) is 76.2 Å². The summed E-state index contributed by atoms with van der Waals surface area (Å²) in [6.07, 6.45) is -16.4. The maximum Gasteiger partial charge on any atom is 0.303 e. The SMILES string of the molecule is CC(=O)OC[C@@H]1O[C@H](Oc2cc(O)c(C(C)=O)c(O[C@@H]3O[C@@H](COC(C)=O)[C@@H](OC(C)=O)[C@@H](OC(C)=O)[C@@H]3O)c2)[C@H](OC(C)=O)[C@@H](OC(C)=O)[C@H]1OC(C)=O. The summed E-state index contributed by atoms with van der Waals surface area (Å²) >= 11 is 0. The summed E-state index contributed by atoms with van der Waals surface area (Å²) in [5.74, 6) is -8.48. The van der Waals surface area contributed by atoms with Crippen molar-refractivity contribution in [1.82, 2.24) is 0 Å². The van der Waals surface area contributed by atoms with Gasteiger partial charge in [0.25, 0.3) is 0 Å². The van der Waals surface area contributed by atoms with Gasteiger partial charge in [0, 0.05) is 60.6 Å². The Morgan fingerprint density at radius 3 is 1.42 bits per heavy atom. The fourth-order valence-electron chi connectivity index (χ4n) is 5.62. The standard InChI is InChI=1S/C34H42O21/c1-13(35)26-22(43)9-21(10-23(26)53-33-27(44)30(49-18(6)40)28(47-16(4)38)24(54-33)11-45-14(2)36)52-34-32(51-20(8)42)31(50-19(7)41)29(48-17(5)39)25(55-34)12-46-15(3)37/h9-10,24-25,27-34,43-44H,11-12H2,1-8H3/t24-,25-,27-,28+,29-,30-,31-,32+,33+,34-/m0/s1. The van der Waals surface area contributed by atoms with Gasteiger partial charge in [0.15, 0.2) is 36.3 Å². The lowest BCUT2D eigenvalue weighted by Gasteiger charge is -2.44. The molecule has 2 aliphatic rings. The van der Waals surface area contributed by atoms with Crippen LogP contribution in [0, 0.1) is 0 Å². The van der Waals surface area contributed by atoms with E-state index in [1.54, 1.807) is 0 Å². The maximum atomic E-state index is 12.8. The maximum absolute atomic E-state index is 12.8. The molecule has 2 aliphatic heterocycles. The fourth-order valence-corrected chi connectivity index (χ4v) is 5.62. The van der Waals surface area contributed by atoms with Crippen molar-refractivity contribution in [3.63, 3.8) is 0 Å². The Kier molecular flexibility index (Phi) is 15.3. The monoisotopic (exact) mass is 786 g/mol. The molecule has 21 nitrogen and oxygen atoms in total. The predicted octanol–water partition coefficient (Wildman–Crippen LogP) is -0.0522. The first-order valence-electron chi connectivity index (χ1n) is 16.5. The highest BCUT2D eigenvalue weighted by Gasteiger charge is 2.54. The predicted molar refractivity (Wildman–Crippen MR) is 174 cm³/mol. The molecule has 0 radical (unpaired) electrons. The Labute approximate surface area is 313 Å². The molecule has 0 aliphatic carbocycles. The second-order valence-electron chi connectivity index (χ2n) is 12.2. The van der Waals surface area contributed by atoms with Crippen LogP contribution >= 0.6 is 0 Å².